The minimum atomic E-state index is -0.772. The van der Waals surface area contributed by atoms with E-state index in [0.717, 1.165) is 4.90 Å². The van der Waals surface area contributed by atoms with Crippen LogP contribution < -0.4 is 4.74 Å². The molecule has 1 atom stereocenters. The Labute approximate surface area is 214 Å². The number of allylic oxidation sites excluding steroid dienone is 2. The second-order valence-electron chi connectivity index (χ2n) is 8.05. The minimum absolute atomic E-state index is 0.145. The SMILES string of the molecule is F/C(Cc1cccc(Oc2ccccc2)c1)=C(/F)C(CCSc1ccccc1)c1ccc(Cl)cc1. The van der Waals surface area contributed by atoms with Crippen LogP contribution in [0.1, 0.15) is 23.5 Å². The maximum Gasteiger partial charge on any atom is 0.139 e. The minimum Gasteiger partial charge on any atom is -0.457 e. The van der Waals surface area contributed by atoms with E-state index < -0.39 is 17.6 Å². The molecule has 0 aliphatic rings. The molecule has 0 N–H and O–H groups in total. The molecule has 0 saturated carbocycles. The summed E-state index contributed by atoms with van der Waals surface area (Å²) in [4.78, 5) is 1.10. The molecular weight excluding hydrogens is 482 g/mol. The monoisotopic (exact) mass is 506 g/mol. The van der Waals surface area contributed by atoms with Gasteiger partial charge in [0.2, 0.25) is 0 Å². The summed E-state index contributed by atoms with van der Waals surface area (Å²) in [7, 11) is 0. The molecule has 0 amide bonds. The molecule has 0 saturated heterocycles. The lowest BCUT2D eigenvalue weighted by molar-refractivity contribution is 0.464. The highest BCUT2D eigenvalue weighted by atomic mass is 35.5. The van der Waals surface area contributed by atoms with E-state index in [1.807, 2.05) is 60.7 Å². The van der Waals surface area contributed by atoms with E-state index in [-0.39, 0.29) is 6.42 Å². The van der Waals surface area contributed by atoms with Gasteiger partial charge in [-0.2, -0.15) is 0 Å². The van der Waals surface area contributed by atoms with Crippen molar-refractivity contribution < 1.29 is 13.5 Å². The molecule has 0 heterocycles. The molecular formula is C30H25ClF2OS. The summed E-state index contributed by atoms with van der Waals surface area (Å²) >= 11 is 7.66. The number of benzene rings is 4. The molecule has 0 fully saturated rings. The van der Waals surface area contributed by atoms with Crippen molar-refractivity contribution in [3.05, 3.63) is 137 Å². The maximum atomic E-state index is 15.5. The molecule has 0 aliphatic carbocycles. The van der Waals surface area contributed by atoms with E-state index in [1.54, 1.807) is 60.3 Å². The first-order chi connectivity index (χ1) is 17.1. The quantitative estimate of drug-likeness (QED) is 0.198. The van der Waals surface area contributed by atoms with Crippen molar-refractivity contribution >= 4 is 23.4 Å². The van der Waals surface area contributed by atoms with Crippen molar-refractivity contribution in [2.75, 3.05) is 5.75 Å². The number of rotatable bonds is 10. The van der Waals surface area contributed by atoms with Crippen LogP contribution in [0.3, 0.4) is 0 Å². The van der Waals surface area contributed by atoms with Gasteiger partial charge in [0.15, 0.2) is 0 Å². The van der Waals surface area contributed by atoms with E-state index in [2.05, 4.69) is 0 Å². The van der Waals surface area contributed by atoms with Crippen molar-refractivity contribution in [2.45, 2.75) is 23.7 Å². The molecule has 4 rings (SSSR count). The number of halogens is 3. The summed E-state index contributed by atoms with van der Waals surface area (Å²) in [6, 6.07) is 33.3. The van der Waals surface area contributed by atoms with E-state index in [4.69, 9.17) is 16.3 Å². The van der Waals surface area contributed by atoms with Crippen LogP contribution in [0, 0.1) is 0 Å². The van der Waals surface area contributed by atoms with Gasteiger partial charge in [0.1, 0.15) is 23.2 Å². The van der Waals surface area contributed by atoms with Crippen molar-refractivity contribution in [1.82, 2.24) is 0 Å². The largest absolute Gasteiger partial charge is 0.457 e. The zero-order valence-electron chi connectivity index (χ0n) is 19.0. The second-order valence-corrected chi connectivity index (χ2v) is 9.65. The van der Waals surface area contributed by atoms with Gasteiger partial charge in [-0.15, -0.1) is 11.8 Å². The Balaban J connectivity index is 1.51. The average molecular weight is 507 g/mol. The third-order valence-corrected chi connectivity index (χ3v) is 6.79. The van der Waals surface area contributed by atoms with Gasteiger partial charge in [-0.25, -0.2) is 8.78 Å². The molecule has 4 aromatic rings. The Morgan fingerprint density at radius 2 is 1.43 bits per heavy atom. The Morgan fingerprint density at radius 1 is 0.771 bits per heavy atom. The predicted octanol–water partition coefficient (Wildman–Crippen LogP) is 9.79. The van der Waals surface area contributed by atoms with E-state index in [0.29, 0.717) is 39.8 Å². The first kappa shape index (κ1) is 25.0. The summed E-state index contributed by atoms with van der Waals surface area (Å²) < 4.78 is 36.6. The third kappa shape index (κ3) is 7.45. The van der Waals surface area contributed by atoms with Crippen LogP contribution in [0.25, 0.3) is 0 Å². The molecule has 5 heteroatoms. The van der Waals surface area contributed by atoms with Crippen LogP contribution in [0.5, 0.6) is 11.5 Å². The molecule has 178 valence electrons. The van der Waals surface area contributed by atoms with Gasteiger partial charge in [0.25, 0.3) is 0 Å². The highest BCUT2D eigenvalue weighted by Crippen LogP contribution is 2.35. The number of hydrogen-bond acceptors (Lipinski definition) is 2. The summed E-state index contributed by atoms with van der Waals surface area (Å²) in [5, 5.41) is 0.561. The topological polar surface area (TPSA) is 9.23 Å². The van der Waals surface area contributed by atoms with Crippen LogP contribution >= 0.6 is 23.4 Å². The molecule has 1 nitrogen and oxygen atoms in total. The average Bonchev–Trinajstić information content (AvgIpc) is 2.88. The number of thioether (sulfide) groups is 1. The highest BCUT2D eigenvalue weighted by molar-refractivity contribution is 7.99. The van der Waals surface area contributed by atoms with Crippen LogP contribution in [-0.2, 0) is 6.42 Å². The standard InChI is InChI=1S/C30H25ClF2OS/c31-24-16-14-23(15-17-24)28(18-19-35-27-12-5-2-6-13-27)30(33)29(32)21-22-8-7-11-26(20-22)34-25-9-3-1-4-10-25/h1-17,20,28H,18-19,21H2/b30-29+. The normalized spacial score (nSPS) is 12.7. The van der Waals surface area contributed by atoms with Gasteiger partial charge in [-0.1, -0.05) is 72.3 Å². The van der Waals surface area contributed by atoms with Crippen molar-refractivity contribution in [3.8, 4) is 11.5 Å². The Morgan fingerprint density at radius 3 is 2.14 bits per heavy atom. The van der Waals surface area contributed by atoms with Gasteiger partial charge in [-0.05, 0) is 71.8 Å². The molecule has 0 spiro atoms. The van der Waals surface area contributed by atoms with Crippen molar-refractivity contribution in [1.29, 1.82) is 0 Å². The molecule has 1 unspecified atom stereocenters. The van der Waals surface area contributed by atoms with E-state index in [1.165, 1.54) is 0 Å². The molecule has 0 aliphatic heterocycles. The number of para-hydroxylation sites is 1. The van der Waals surface area contributed by atoms with Crippen LogP contribution in [0.4, 0.5) is 8.78 Å². The maximum absolute atomic E-state index is 15.5. The Bertz CT molecular complexity index is 1240. The number of hydrogen-bond donors (Lipinski definition) is 0. The third-order valence-electron chi connectivity index (χ3n) is 5.49. The first-order valence-corrected chi connectivity index (χ1v) is 12.7. The smallest absolute Gasteiger partial charge is 0.139 e. The van der Waals surface area contributed by atoms with Crippen LogP contribution in [0.2, 0.25) is 5.02 Å². The molecule has 4 aromatic carbocycles. The Kier molecular flexibility index (Phi) is 8.99. The summed E-state index contributed by atoms with van der Waals surface area (Å²) in [5.74, 6) is -0.284. The lowest BCUT2D eigenvalue weighted by Crippen LogP contribution is -2.04. The van der Waals surface area contributed by atoms with Crippen LogP contribution in [0.15, 0.2) is 126 Å². The molecule has 35 heavy (non-hydrogen) atoms. The number of ether oxygens (including phenoxy) is 1. The van der Waals surface area contributed by atoms with Gasteiger partial charge in [0, 0.05) is 22.3 Å². The van der Waals surface area contributed by atoms with E-state index >= 15 is 8.78 Å². The van der Waals surface area contributed by atoms with Crippen molar-refractivity contribution in [3.63, 3.8) is 0 Å². The van der Waals surface area contributed by atoms with Gasteiger partial charge in [-0.3, -0.25) is 0 Å². The second kappa shape index (κ2) is 12.6. The summed E-state index contributed by atoms with van der Waals surface area (Å²) in [5.41, 5.74) is 1.34. The summed E-state index contributed by atoms with van der Waals surface area (Å²) in [6.07, 6.45) is 0.311. The fraction of sp³-hybridized carbons (Fsp3) is 0.133. The molecule has 0 radical (unpaired) electrons. The Hall–Kier alpha value is -3.08. The van der Waals surface area contributed by atoms with Gasteiger partial charge < -0.3 is 4.74 Å². The zero-order chi connectivity index (χ0) is 24.5. The highest BCUT2D eigenvalue weighted by Gasteiger charge is 2.22. The zero-order valence-corrected chi connectivity index (χ0v) is 20.6. The molecule has 0 aromatic heterocycles. The van der Waals surface area contributed by atoms with E-state index in [9.17, 15) is 0 Å². The lowest BCUT2D eigenvalue weighted by Gasteiger charge is -2.17. The predicted molar refractivity (Wildman–Crippen MR) is 142 cm³/mol. The molecule has 0 bridgehead atoms. The lowest BCUT2D eigenvalue weighted by atomic mass is 9.93. The van der Waals surface area contributed by atoms with Crippen LogP contribution in [-0.4, -0.2) is 5.75 Å². The van der Waals surface area contributed by atoms with Gasteiger partial charge >= 0.3 is 0 Å². The fourth-order valence-electron chi connectivity index (χ4n) is 3.74. The van der Waals surface area contributed by atoms with Crippen molar-refractivity contribution in [2.24, 2.45) is 0 Å². The summed E-state index contributed by atoms with van der Waals surface area (Å²) in [6.45, 7) is 0. The first-order valence-electron chi connectivity index (χ1n) is 11.4. The fourth-order valence-corrected chi connectivity index (χ4v) is 4.81. The van der Waals surface area contributed by atoms with Gasteiger partial charge in [0.05, 0.1) is 0 Å².